The molecule has 1 heterocycles. The molecule has 1 aromatic heterocycles. The summed E-state index contributed by atoms with van der Waals surface area (Å²) in [7, 11) is 1.66. The largest absolute Gasteiger partial charge is 0.497 e. The minimum atomic E-state index is 0.150. The van der Waals surface area contributed by atoms with Gasteiger partial charge >= 0.3 is 0 Å². The topological polar surface area (TPSA) is 51.2 Å². The van der Waals surface area contributed by atoms with Crippen LogP contribution >= 0.6 is 23.1 Å². The van der Waals surface area contributed by atoms with E-state index in [2.05, 4.69) is 15.7 Å². The fourth-order valence-corrected chi connectivity index (χ4v) is 4.49. The van der Waals surface area contributed by atoms with Crippen molar-refractivity contribution in [2.24, 2.45) is 0 Å². The first kappa shape index (κ1) is 17.3. The Morgan fingerprint density at radius 3 is 2.79 bits per heavy atom. The number of rotatable bonds is 7. The minimum absolute atomic E-state index is 0.150. The number of methoxy groups -OCH3 is 1. The average molecular weight is 363 g/mol. The van der Waals surface area contributed by atoms with Crippen LogP contribution in [0.4, 0.5) is 0 Å². The number of benzene rings is 1. The molecule has 6 heteroatoms. The van der Waals surface area contributed by atoms with E-state index in [-0.39, 0.29) is 5.91 Å². The minimum Gasteiger partial charge on any atom is -0.497 e. The predicted octanol–water partition coefficient (Wildman–Crippen LogP) is 4.11. The molecule has 1 fully saturated rings. The van der Waals surface area contributed by atoms with Crippen LogP contribution in [0.1, 0.15) is 31.4 Å². The molecule has 0 radical (unpaired) electrons. The van der Waals surface area contributed by atoms with Gasteiger partial charge in [0.05, 0.1) is 18.6 Å². The molecular formula is C18H22N2O2S2. The molecule has 0 atom stereocenters. The number of ether oxygens (including phenoxy) is 1. The van der Waals surface area contributed by atoms with Crippen LogP contribution in [0.3, 0.4) is 0 Å². The summed E-state index contributed by atoms with van der Waals surface area (Å²) in [5.74, 6) is 2.27. The molecule has 1 amide bonds. The van der Waals surface area contributed by atoms with Crippen LogP contribution in [0.2, 0.25) is 0 Å². The summed E-state index contributed by atoms with van der Waals surface area (Å²) in [4.78, 5) is 16.6. The molecule has 0 spiro atoms. The zero-order chi connectivity index (χ0) is 16.8. The summed E-state index contributed by atoms with van der Waals surface area (Å²) in [6.45, 7) is 0. The Morgan fingerprint density at radius 1 is 1.33 bits per heavy atom. The molecule has 3 rings (SSSR count). The highest BCUT2D eigenvalue weighted by Gasteiger charge is 2.16. The van der Waals surface area contributed by atoms with Gasteiger partial charge in [-0.1, -0.05) is 12.8 Å². The van der Waals surface area contributed by atoms with Gasteiger partial charge in [0.25, 0.3) is 0 Å². The summed E-state index contributed by atoms with van der Waals surface area (Å²) in [6.07, 6.45) is 4.75. The molecule has 1 saturated carbocycles. The normalized spacial score (nSPS) is 14.7. The van der Waals surface area contributed by atoms with Crippen LogP contribution in [0.25, 0.3) is 10.6 Å². The van der Waals surface area contributed by atoms with E-state index < -0.39 is 0 Å². The Kier molecular flexibility index (Phi) is 6.15. The van der Waals surface area contributed by atoms with Crippen molar-refractivity contribution >= 4 is 29.0 Å². The maximum Gasteiger partial charge on any atom is 0.230 e. The Hall–Kier alpha value is -1.53. The van der Waals surface area contributed by atoms with Gasteiger partial charge in [-0.05, 0) is 37.1 Å². The standard InChI is InChI=1S/C18H22N2O2S2/c1-22-16-8-6-13(7-9-16)18-20-15(11-24-18)10-23-12-17(21)19-14-4-2-3-5-14/h6-9,11,14H,2-5,10,12H2,1H3,(H,19,21). The predicted molar refractivity (Wildman–Crippen MR) is 101 cm³/mol. The van der Waals surface area contributed by atoms with Crippen molar-refractivity contribution in [1.29, 1.82) is 0 Å². The van der Waals surface area contributed by atoms with Crippen molar-refractivity contribution in [1.82, 2.24) is 10.3 Å². The molecule has 0 saturated heterocycles. The van der Waals surface area contributed by atoms with Gasteiger partial charge in [-0.3, -0.25) is 4.79 Å². The number of carbonyl (C=O) groups excluding carboxylic acids is 1. The number of carbonyl (C=O) groups is 1. The molecular weight excluding hydrogens is 340 g/mol. The van der Waals surface area contributed by atoms with Crippen molar-refractivity contribution < 1.29 is 9.53 Å². The highest BCUT2D eigenvalue weighted by molar-refractivity contribution is 7.99. The third-order valence-electron chi connectivity index (χ3n) is 4.09. The van der Waals surface area contributed by atoms with Gasteiger partial charge in [-0.25, -0.2) is 4.98 Å². The van der Waals surface area contributed by atoms with E-state index in [1.165, 1.54) is 12.8 Å². The monoisotopic (exact) mass is 362 g/mol. The Labute approximate surface area is 151 Å². The number of hydrogen-bond donors (Lipinski definition) is 1. The number of amides is 1. The molecule has 1 N–H and O–H groups in total. The van der Waals surface area contributed by atoms with Crippen molar-refractivity contribution in [3.05, 3.63) is 35.3 Å². The van der Waals surface area contributed by atoms with E-state index in [9.17, 15) is 4.79 Å². The van der Waals surface area contributed by atoms with Gasteiger partial charge in [-0.2, -0.15) is 0 Å². The van der Waals surface area contributed by atoms with Crippen LogP contribution in [0.5, 0.6) is 5.75 Å². The van der Waals surface area contributed by atoms with Crippen molar-refractivity contribution in [3.8, 4) is 16.3 Å². The smallest absolute Gasteiger partial charge is 0.230 e. The Bertz CT molecular complexity index is 664. The fourth-order valence-electron chi connectivity index (χ4n) is 2.83. The van der Waals surface area contributed by atoms with Crippen molar-refractivity contribution in [3.63, 3.8) is 0 Å². The first-order valence-electron chi connectivity index (χ1n) is 8.20. The molecule has 24 heavy (non-hydrogen) atoms. The number of aromatic nitrogens is 1. The number of nitrogens with zero attached hydrogens (tertiary/aromatic N) is 1. The van der Waals surface area contributed by atoms with Gasteiger partial charge < -0.3 is 10.1 Å². The molecule has 2 aromatic rings. The van der Waals surface area contributed by atoms with E-state index in [0.717, 1.165) is 40.6 Å². The maximum atomic E-state index is 11.9. The molecule has 0 bridgehead atoms. The molecule has 0 aliphatic heterocycles. The van der Waals surface area contributed by atoms with Gasteiger partial charge in [0, 0.05) is 22.7 Å². The number of nitrogens with one attached hydrogen (secondary N) is 1. The van der Waals surface area contributed by atoms with E-state index >= 15 is 0 Å². The molecule has 4 nitrogen and oxygen atoms in total. The summed E-state index contributed by atoms with van der Waals surface area (Å²) in [6, 6.07) is 8.32. The summed E-state index contributed by atoms with van der Waals surface area (Å²) in [5.41, 5.74) is 2.13. The van der Waals surface area contributed by atoms with Gasteiger partial charge in [0.15, 0.2) is 0 Å². The van der Waals surface area contributed by atoms with E-state index in [1.54, 1.807) is 30.2 Å². The Morgan fingerprint density at radius 2 is 2.08 bits per heavy atom. The third-order valence-corrected chi connectivity index (χ3v) is 6.00. The molecule has 1 aliphatic carbocycles. The van der Waals surface area contributed by atoms with Crippen LogP contribution in [0.15, 0.2) is 29.6 Å². The second-order valence-electron chi connectivity index (χ2n) is 5.91. The first-order valence-corrected chi connectivity index (χ1v) is 10.2. The lowest BCUT2D eigenvalue weighted by Gasteiger charge is -2.11. The molecule has 1 aromatic carbocycles. The Balaban J connectivity index is 1.46. The highest BCUT2D eigenvalue weighted by atomic mass is 32.2. The first-order chi connectivity index (χ1) is 11.7. The lowest BCUT2D eigenvalue weighted by atomic mass is 10.2. The summed E-state index contributed by atoms with van der Waals surface area (Å²) in [5, 5.41) is 6.19. The molecule has 0 unspecified atom stereocenters. The number of thioether (sulfide) groups is 1. The zero-order valence-corrected chi connectivity index (χ0v) is 15.4. The van der Waals surface area contributed by atoms with Crippen molar-refractivity contribution in [2.75, 3.05) is 12.9 Å². The second-order valence-corrected chi connectivity index (χ2v) is 7.76. The maximum absolute atomic E-state index is 11.9. The van der Waals surface area contributed by atoms with E-state index in [1.807, 2.05) is 24.3 Å². The number of hydrogen-bond acceptors (Lipinski definition) is 5. The van der Waals surface area contributed by atoms with Gasteiger partial charge in [-0.15, -0.1) is 23.1 Å². The molecule has 128 valence electrons. The van der Waals surface area contributed by atoms with Gasteiger partial charge in [0.1, 0.15) is 10.8 Å². The van der Waals surface area contributed by atoms with Crippen LogP contribution in [-0.2, 0) is 10.5 Å². The lowest BCUT2D eigenvalue weighted by Crippen LogP contribution is -2.33. The van der Waals surface area contributed by atoms with E-state index in [0.29, 0.717) is 11.8 Å². The van der Waals surface area contributed by atoms with Crippen LogP contribution in [0, 0.1) is 0 Å². The molecule has 1 aliphatic rings. The second kappa shape index (κ2) is 8.53. The van der Waals surface area contributed by atoms with Gasteiger partial charge in [0.2, 0.25) is 5.91 Å². The summed E-state index contributed by atoms with van der Waals surface area (Å²) >= 11 is 3.26. The van der Waals surface area contributed by atoms with Crippen LogP contribution < -0.4 is 10.1 Å². The third kappa shape index (κ3) is 4.74. The lowest BCUT2D eigenvalue weighted by molar-refractivity contribution is -0.119. The fraction of sp³-hybridized carbons (Fsp3) is 0.444. The summed E-state index contributed by atoms with van der Waals surface area (Å²) < 4.78 is 5.18. The quantitative estimate of drug-likeness (QED) is 0.805. The van der Waals surface area contributed by atoms with Crippen molar-refractivity contribution in [2.45, 2.75) is 37.5 Å². The zero-order valence-electron chi connectivity index (χ0n) is 13.8. The average Bonchev–Trinajstić information content (AvgIpc) is 3.27. The van der Waals surface area contributed by atoms with E-state index in [4.69, 9.17) is 4.74 Å². The SMILES string of the molecule is COc1ccc(-c2nc(CSCC(=O)NC3CCCC3)cs2)cc1. The number of thiazole rings is 1. The van der Waals surface area contributed by atoms with Crippen LogP contribution in [-0.4, -0.2) is 29.8 Å². The highest BCUT2D eigenvalue weighted by Crippen LogP contribution is 2.27.